The summed E-state index contributed by atoms with van der Waals surface area (Å²) >= 11 is 1.87. The average Bonchev–Trinajstić information content (AvgIpc) is 3.64. The summed E-state index contributed by atoms with van der Waals surface area (Å²) < 4.78 is 5.09. The first-order valence-electron chi connectivity index (χ1n) is 14.9. The van der Waals surface area contributed by atoms with Gasteiger partial charge in [0.2, 0.25) is 0 Å². The fourth-order valence-corrected chi connectivity index (χ4v) is 7.73. The van der Waals surface area contributed by atoms with E-state index in [4.69, 9.17) is 4.98 Å². The highest BCUT2D eigenvalue weighted by Gasteiger charge is 2.18. The predicted octanol–water partition coefficient (Wildman–Crippen LogP) is 11.5. The Kier molecular flexibility index (Phi) is 5.71. The SMILES string of the molecule is c1ccc(-c2ccc3c4cc(-c5ccc(-c6ccccc6)nc5)ccc4n(-c4cccc5c4sc4ccccc45)c3c2)cc1. The molecule has 0 spiro atoms. The number of hydrogen-bond donors (Lipinski definition) is 0. The Balaban J connectivity index is 1.28. The highest BCUT2D eigenvalue weighted by Crippen LogP contribution is 2.42. The fraction of sp³-hybridized carbons (Fsp3) is 0. The van der Waals surface area contributed by atoms with E-state index in [0.29, 0.717) is 0 Å². The fourth-order valence-electron chi connectivity index (χ4n) is 6.52. The molecule has 0 radical (unpaired) electrons. The molecule has 0 saturated carbocycles. The minimum atomic E-state index is 0.983. The van der Waals surface area contributed by atoms with E-state index in [1.807, 2.05) is 23.6 Å². The number of rotatable bonds is 4. The quantitative estimate of drug-likeness (QED) is 0.203. The standard InChI is InChI=1S/C41H26N2S/c1-3-10-27(11-4-1)30-18-21-32-35-24-29(31-19-22-36(42-26-31)28-12-5-2-6-13-28)20-23-37(35)43(39(32)25-30)38-16-9-15-34-33-14-7-8-17-40(33)44-41(34)38/h1-26H. The van der Waals surface area contributed by atoms with Crippen molar-refractivity contribution in [1.29, 1.82) is 0 Å². The number of hydrogen-bond acceptors (Lipinski definition) is 2. The van der Waals surface area contributed by atoms with Crippen LogP contribution in [0.1, 0.15) is 0 Å². The first kappa shape index (κ1) is 25.0. The molecular weight excluding hydrogens is 553 g/mol. The molecule has 44 heavy (non-hydrogen) atoms. The molecule has 3 aromatic heterocycles. The van der Waals surface area contributed by atoms with Crippen molar-refractivity contribution >= 4 is 53.3 Å². The number of nitrogens with zero attached hydrogens (tertiary/aromatic N) is 2. The van der Waals surface area contributed by atoms with Crippen LogP contribution < -0.4 is 0 Å². The van der Waals surface area contributed by atoms with E-state index >= 15 is 0 Å². The molecule has 9 aromatic rings. The molecule has 0 amide bonds. The molecule has 206 valence electrons. The maximum atomic E-state index is 4.82. The van der Waals surface area contributed by atoms with Gasteiger partial charge in [0.15, 0.2) is 0 Å². The second kappa shape index (κ2) is 10.0. The van der Waals surface area contributed by atoms with Crippen LogP contribution in [0.25, 0.3) is 81.2 Å². The van der Waals surface area contributed by atoms with Crippen molar-refractivity contribution in [1.82, 2.24) is 9.55 Å². The van der Waals surface area contributed by atoms with Gasteiger partial charge in [0.05, 0.1) is 27.1 Å². The Morgan fingerprint density at radius 1 is 0.432 bits per heavy atom. The number of aromatic nitrogens is 2. The third kappa shape index (κ3) is 3.98. The van der Waals surface area contributed by atoms with E-state index < -0.39 is 0 Å². The maximum Gasteiger partial charge on any atom is 0.0702 e. The summed E-state index contributed by atoms with van der Waals surface area (Å²) in [6.45, 7) is 0. The second-order valence-electron chi connectivity index (χ2n) is 11.2. The zero-order chi connectivity index (χ0) is 29.0. The molecule has 3 heteroatoms. The highest BCUT2D eigenvalue weighted by molar-refractivity contribution is 7.26. The lowest BCUT2D eigenvalue weighted by Gasteiger charge is -2.11. The van der Waals surface area contributed by atoms with Crippen molar-refractivity contribution < 1.29 is 0 Å². The lowest BCUT2D eigenvalue weighted by molar-refractivity contribution is 1.20. The summed E-state index contributed by atoms with van der Waals surface area (Å²) in [5.74, 6) is 0. The van der Waals surface area contributed by atoms with Crippen molar-refractivity contribution in [2.45, 2.75) is 0 Å². The Morgan fingerprint density at radius 2 is 1.14 bits per heavy atom. The van der Waals surface area contributed by atoms with Crippen LogP contribution in [-0.4, -0.2) is 9.55 Å². The van der Waals surface area contributed by atoms with E-state index in [9.17, 15) is 0 Å². The summed E-state index contributed by atoms with van der Waals surface area (Å²) in [7, 11) is 0. The van der Waals surface area contributed by atoms with E-state index in [0.717, 1.165) is 22.4 Å². The van der Waals surface area contributed by atoms with Gasteiger partial charge in [0.1, 0.15) is 0 Å². The third-order valence-corrected chi connectivity index (χ3v) is 9.87. The van der Waals surface area contributed by atoms with Crippen LogP contribution in [0, 0.1) is 0 Å². The van der Waals surface area contributed by atoms with Crippen molar-refractivity contribution in [3.63, 3.8) is 0 Å². The van der Waals surface area contributed by atoms with Crippen molar-refractivity contribution in [2.24, 2.45) is 0 Å². The lowest BCUT2D eigenvalue weighted by atomic mass is 10.0. The van der Waals surface area contributed by atoms with Gasteiger partial charge in [-0.15, -0.1) is 11.3 Å². The van der Waals surface area contributed by atoms with E-state index in [2.05, 4.69) is 150 Å². The Bertz CT molecular complexity index is 2470. The van der Waals surface area contributed by atoms with Crippen LogP contribution in [-0.2, 0) is 0 Å². The van der Waals surface area contributed by atoms with Gasteiger partial charge in [-0.3, -0.25) is 4.98 Å². The minimum Gasteiger partial charge on any atom is -0.308 e. The molecule has 0 atom stereocenters. The molecule has 2 nitrogen and oxygen atoms in total. The molecule has 6 aromatic carbocycles. The van der Waals surface area contributed by atoms with Crippen molar-refractivity contribution in [3.8, 4) is 39.2 Å². The Labute approximate surface area is 259 Å². The van der Waals surface area contributed by atoms with Gasteiger partial charge in [0, 0.05) is 43.6 Å². The predicted molar refractivity (Wildman–Crippen MR) is 188 cm³/mol. The first-order valence-corrected chi connectivity index (χ1v) is 15.7. The Hall–Kier alpha value is -5.51. The highest BCUT2D eigenvalue weighted by atomic mass is 32.1. The summed E-state index contributed by atoms with van der Waals surface area (Å²) in [5, 5.41) is 5.10. The van der Waals surface area contributed by atoms with Gasteiger partial charge in [-0.25, -0.2) is 0 Å². The summed E-state index contributed by atoms with van der Waals surface area (Å²) in [4.78, 5) is 4.82. The zero-order valence-electron chi connectivity index (χ0n) is 23.8. The van der Waals surface area contributed by atoms with Crippen molar-refractivity contribution in [2.75, 3.05) is 0 Å². The van der Waals surface area contributed by atoms with E-state index in [1.54, 1.807) is 0 Å². The number of thiophene rings is 1. The number of benzene rings is 6. The minimum absolute atomic E-state index is 0.983. The molecular formula is C41H26N2S. The first-order chi connectivity index (χ1) is 21.8. The monoisotopic (exact) mass is 578 g/mol. The zero-order valence-corrected chi connectivity index (χ0v) is 24.6. The summed E-state index contributed by atoms with van der Waals surface area (Å²) in [6.07, 6.45) is 1.99. The normalized spacial score (nSPS) is 11.6. The topological polar surface area (TPSA) is 17.8 Å². The van der Waals surface area contributed by atoms with Crippen molar-refractivity contribution in [3.05, 3.63) is 158 Å². The number of fused-ring (bicyclic) bond motifs is 6. The van der Waals surface area contributed by atoms with Gasteiger partial charge in [0.25, 0.3) is 0 Å². The van der Waals surface area contributed by atoms with Gasteiger partial charge in [-0.05, 0) is 53.1 Å². The van der Waals surface area contributed by atoms with Crippen LogP contribution in [0.15, 0.2) is 158 Å². The van der Waals surface area contributed by atoms with Gasteiger partial charge in [-0.2, -0.15) is 0 Å². The van der Waals surface area contributed by atoms with Crippen LogP contribution in [0.5, 0.6) is 0 Å². The lowest BCUT2D eigenvalue weighted by Crippen LogP contribution is -1.94. The van der Waals surface area contributed by atoms with Gasteiger partial charge in [-0.1, -0.05) is 115 Å². The Morgan fingerprint density at radius 3 is 1.95 bits per heavy atom. The molecule has 0 aliphatic heterocycles. The third-order valence-electron chi connectivity index (χ3n) is 8.66. The molecule has 0 N–H and O–H groups in total. The number of pyridine rings is 1. The van der Waals surface area contributed by atoms with Crippen LogP contribution in [0.2, 0.25) is 0 Å². The van der Waals surface area contributed by atoms with Gasteiger partial charge < -0.3 is 4.57 Å². The van der Waals surface area contributed by atoms with Crippen LogP contribution in [0.4, 0.5) is 0 Å². The molecule has 9 rings (SSSR count). The van der Waals surface area contributed by atoms with Gasteiger partial charge >= 0.3 is 0 Å². The molecule has 0 unspecified atom stereocenters. The summed E-state index contributed by atoms with van der Waals surface area (Å²) in [6, 6.07) is 54.5. The summed E-state index contributed by atoms with van der Waals surface area (Å²) in [5.41, 5.74) is 10.4. The van der Waals surface area contributed by atoms with Crippen LogP contribution >= 0.6 is 11.3 Å². The van der Waals surface area contributed by atoms with Crippen LogP contribution in [0.3, 0.4) is 0 Å². The molecule has 0 fully saturated rings. The van der Waals surface area contributed by atoms with E-state index in [-0.39, 0.29) is 0 Å². The molecule has 0 bridgehead atoms. The molecule has 0 aliphatic carbocycles. The largest absolute Gasteiger partial charge is 0.308 e. The molecule has 0 aliphatic rings. The average molecular weight is 579 g/mol. The smallest absolute Gasteiger partial charge is 0.0702 e. The molecule has 3 heterocycles. The van der Waals surface area contributed by atoms with E-state index in [1.165, 1.54) is 58.8 Å². The molecule has 0 saturated heterocycles. The second-order valence-corrected chi connectivity index (χ2v) is 12.3. The maximum absolute atomic E-state index is 4.82.